The van der Waals surface area contributed by atoms with Crippen molar-refractivity contribution in [3.05, 3.63) is 12.2 Å². The number of amides is 1. The zero-order valence-corrected chi connectivity index (χ0v) is 10.6. The van der Waals surface area contributed by atoms with Crippen LogP contribution in [0.4, 0.5) is 4.79 Å². The van der Waals surface area contributed by atoms with Crippen molar-refractivity contribution in [3.63, 3.8) is 0 Å². The van der Waals surface area contributed by atoms with Crippen LogP contribution in [0.5, 0.6) is 0 Å². The molecule has 0 fully saturated rings. The molecule has 0 saturated carbocycles. The number of carbonyl (C=O) groups excluding carboxylic acids is 1. The molecular formula is C7H10IN4OP. The number of halogens is 1. The average Bonchev–Trinajstić information content (AvgIpc) is 2.43. The van der Waals surface area contributed by atoms with Gasteiger partial charge in [0, 0.05) is 29.1 Å². The van der Waals surface area contributed by atoms with Crippen molar-refractivity contribution in [1.29, 1.82) is 0 Å². The van der Waals surface area contributed by atoms with Gasteiger partial charge in [-0.2, -0.15) is 0 Å². The standard InChI is InChI=1S/C7H10IN4OP/c8-6(13)11-3-1-2-4-5(11)10-7(9)12(4)14/h1-2,4-5H,3,14H2,(H2,9,10). The second kappa shape index (κ2) is 3.66. The summed E-state index contributed by atoms with van der Waals surface area (Å²) in [5.41, 5.74) is 5.68. The Morgan fingerprint density at radius 3 is 3.14 bits per heavy atom. The van der Waals surface area contributed by atoms with Gasteiger partial charge < -0.3 is 15.3 Å². The second-order valence-corrected chi connectivity index (χ2v) is 4.61. The summed E-state index contributed by atoms with van der Waals surface area (Å²) in [6.07, 6.45) is 3.82. The molecule has 7 heteroatoms. The van der Waals surface area contributed by atoms with E-state index in [1.807, 2.05) is 12.2 Å². The molecule has 3 unspecified atom stereocenters. The highest BCUT2D eigenvalue weighted by Crippen LogP contribution is 2.27. The van der Waals surface area contributed by atoms with Gasteiger partial charge in [-0.25, -0.2) is 4.99 Å². The van der Waals surface area contributed by atoms with Crippen LogP contribution in [0, 0.1) is 0 Å². The van der Waals surface area contributed by atoms with Crippen molar-refractivity contribution >= 4 is 41.9 Å². The predicted octanol–water partition coefficient (Wildman–Crippen LogP) is 0.528. The van der Waals surface area contributed by atoms with Crippen LogP contribution < -0.4 is 5.73 Å². The number of hydrogen-bond donors (Lipinski definition) is 1. The Morgan fingerprint density at radius 1 is 1.79 bits per heavy atom. The normalized spacial score (nSPS) is 30.3. The van der Waals surface area contributed by atoms with Crippen LogP contribution in [0.2, 0.25) is 0 Å². The molecule has 1 amide bonds. The van der Waals surface area contributed by atoms with E-state index < -0.39 is 0 Å². The molecule has 0 bridgehead atoms. The minimum absolute atomic E-state index is 0.00111. The van der Waals surface area contributed by atoms with E-state index in [9.17, 15) is 4.79 Å². The van der Waals surface area contributed by atoms with Gasteiger partial charge >= 0.3 is 0 Å². The fourth-order valence-electron chi connectivity index (χ4n) is 1.62. The van der Waals surface area contributed by atoms with Gasteiger partial charge in [-0.15, -0.1) is 0 Å². The molecule has 0 radical (unpaired) electrons. The van der Waals surface area contributed by atoms with Gasteiger partial charge in [0.1, 0.15) is 0 Å². The lowest BCUT2D eigenvalue weighted by Gasteiger charge is -2.32. The molecule has 0 aromatic rings. The van der Waals surface area contributed by atoms with Crippen molar-refractivity contribution in [3.8, 4) is 0 Å². The predicted molar refractivity (Wildman–Crippen MR) is 66.0 cm³/mol. The van der Waals surface area contributed by atoms with E-state index in [-0.39, 0.29) is 16.1 Å². The summed E-state index contributed by atoms with van der Waals surface area (Å²) in [5.74, 6) is 0.458. The summed E-state index contributed by atoms with van der Waals surface area (Å²) in [6, 6.07) is 0.0625. The van der Waals surface area contributed by atoms with Gasteiger partial charge in [0.05, 0.1) is 6.04 Å². The highest BCUT2D eigenvalue weighted by molar-refractivity contribution is 14.1. The quantitative estimate of drug-likeness (QED) is 0.232. The summed E-state index contributed by atoms with van der Waals surface area (Å²) >= 11 is 1.77. The SMILES string of the molecule is NC1=NC2C(C=CCN2C(=O)I)N1P. The molecule has 14 heavy (non-hydrogen) atoms. The first-order valence-electron chi connectivity index (χ1n) is 4.11. The first-order valence-corrected chi connectivity index (χ1v) is 5.71. The van der Waals surface area contributed by atoms with Crippen LogP contribution in [0.3, 0.4) is 0 Å². The minimum atomic E-state index is -0.165. The smallest absolute Gasteiger partial charge is 0.285 e. The molecular weight excluding hydrogens is 314 g/mol. The Morgan fingerprint density at radius 2 is 2.50 bits per heavy atom. The van der Waals surface area contributed by atoms with Crippen LogP contribution in [-0.4, -0.2) is 38.2 Å². The number of guanidine groups is 1. The molecule has 2 aliphatic rings. The first kappa shape index (κ1) is 10.2. The molecule has 0 aliphatic carbocycles. The van der Waals surface area contributed by atoms with Crippen molar-refractivity contribution in [2.24, 2.45) is 10.7 Å². The van der Waals surface area contributed by atoms with Gasteiger partial charge in [-0.1, -0.05) is 12.2 Å². The highest BCUT2D eigenvalue weighted by atomic mass is 127. The van der Waals surface area contributed by atoms with E-state index in [0.717, 1.165) is 0 Å². The molecule has 0 spiro atoms. The van der Waals surface area contributed by atoms with E-state index >= 15 is 0 Å². The number of nitrogens with two attached hydrogens (primary N) is 1. The van der Waals surface area contributed by atoms with E-state index in [1.54, 1.807) is 32.2 Å². The maximum atomic E-state index is 11.3. The molecule has 5 nitrogen and oxygen atoms in total. The largest absolute Gasteiger partial charge is 0.370 e. The Bertz CT molecular complexity index is 332. The Kier molecular flexibility index (Phi) is 2.66. The van der Waals surface area contributed by atoms with Crippen molar-refractivity contribution < 1.29 is 4.79 Å². The molecule has 76 valence electrons. The zero-order valence-electron chi connectivity index (χ0n) is 7.30. The number of nitrogens with zero attached hydrogens (tertiary/aromatic N) is 3. The monoisotopic (exact) mass is 324 g/mol. The molecule has 2 N–H and O–H groups in total. The zero-order chi connectivity index (χ0) is 10.3. The van der Waals surface area contributed by atoms with E-state index in [0.29, 0.717) is 12.5 Å². The Balaban J connectivity index is 2.29. The van der Waals surface area contributed by atoms with Crippen molar-refractivity contribution in [2.75, 3.05) is 6.54 Å². The van der Waals surface area contributed by atoms with Crippen LogP contribution in [-0.2, 0) is 0 Å². The highest BCUT2D eigenvalue weighted by Gasteiger charge is 2.38. The van der Waals surface area contributed by atoms with Crippen molar-refractivity contribution in [1.82, 2.24) is 9.57 Å². The Labute approximate surface area is 97.8 Å². The molecule has 0 aromatic carbocycles. The fourth-order valence-corrected chi connectivity index (χ4v) is 2.42. The fraction of sp³-hybridized carbons (Fsp3) is 0.429. The molecule has 2 rings (SSSR count). The molecule has 2 aliphatic heterocycles. The van der Waals surface area contributed by atoms with E-state index in [4.69, 9.17) is 5.73 Å². The van der Waals surface area contributed by atoms with Gasteiger partial charge in [0.15, 0.2) is 12.1 Å². The molecule has 0 saturated heterocycles. The van der Waals surface area contributed by atoms with E-state index in [2.05, 4.69) is 14.4 Å². The second-order valence-electron chi connectivity index (χ2n) is 3.13. The molecule has 0 aromatic heterocycles. The van der Waals surface area contributed by atoms with E-state index in [1.165, 1.54) is 0 Å². The maximum absolute atomic E-state index is 11.3. The van der Waals surface area contributed by atoms with Crippen molar-refractivity contribution in [2.45, 2.75) is 12.2 Å². The third kappa shape index (κ3) is 1.50. The average molecular weight is 324 g/mol. The third-order valence-electron chi connectivity index (χ3n) is 2.34. The molecule has 2 heterocycles. The van der Waals surface area contributed by atoms with Gasteiger partial charge in [-0.05, 0) is 9.39 Å². The minimum Gasteiger partial charge on any atom is -0.370 e. The summed E-state index contributed by atoms with van der Waals surface area (Å²) in [4.78, 5) is 17.2. The number of rotatable bonds is 0. The first-order chi connectivity index (χ1) is 6.61. The molecule has 3 atom stereocenters. The topological polar surface area (TPSA) is 61.9 Å². The van der Waals surface area contributed by atoms with Gasteiger partial charge in [0.2, 0.25) is 0 Å². The van der Waals surface area contributed by atoms with Crippen LogP contribution >= 0.6 is 32.0 Å². The lowest BCUT2D eigenvalue weighted by molar-refractivity contribution is 0.198. The summed E-state index contributed by atoms with van der Waals surface area (Å²) in [6.45, 7) is 0.609. The van der Waals surface area contributed by atoms with Gasteiger partial charge in [0.25, 0.3) is 3.91 Å². The maximum Gasteiger partial charge on any atom is 0.285 e. The lowest BCUT2D eigenvalue weighted by atomic mass is 10.1. The van der Waals surface area contributed by atoms with Crippen LogP contribution in [0.1, 0.15) is 0 Å². The van der Waals surface area contributed by atoms with Crippen LogP contribution in [0.25, 0.3) is 0 Å². The Hall–Kier alpha value is -0.360. The number of hydrogen-bond acceptors (Lipinski definition) is 4. The number of fused-ring (bicyclic) bond motifs is 1. The van der Waals surface area contributed by atoms with Crippen LogP contribution in [0.15, 0.2) is 17.1 Å². The summed E-state index contributed by atoms with van der Waals surface area (Å²) in [5, 5.41) is 0. The van der Waals surface area contributed by atoms with Gasteiger partial charge in [-0.3, -0.25) is 4.79 Å². The summed E-state index contributed by atoms with van der Waals surface area (Å²) < 4.78 is 1.80. The lowest BCUT2D eigenvalue weighted by Crippen LogP contribution is -2.47. The number of aliphatic imine (C=N–C) groups is 1. The number of carbonyl (C=O) groups is 1. The third-order valence-corrected chi connectivity index (χ3v) is 3.56. The summed E-state index contributed by atoms with van der Waals surface area (Å²) in [7, 11) is 2.52.